The topological polar surface area (TPSA) is 60.4 Å². The lowest BCUT2D eigenvalue weighted by Crippen LogP contribution is -2.33. The van der Waals surface area contributed by atoms with Gasteiger partial charge in [0, 0.05) is 18.8 Å². The smallest absolute Gasteiger partial charge is 0.316 e. The maximum absolute atomic E-state index is 12.1. The Balaban J connectivity index is 2.64. The van der Waals surface area contributed by atoms with Crippen LogP contribution in [0, 0.1) is 17.8 Å². The molecule has 1 aliphatic carbocycles. The molecule has 1 rings (SSSR count). The van der Waals surface area contributed by atoms with Crippen molar-refractivity contribution in [2.24, 2.45) is 17.8 Å². The SMILES string of the molecule is CCOC(=O)C(CC(=O)C1CCC1)C(=O)CC(C)C. The number of rotatable bonds is 8. The van der Waals surface area contributed by atoms with Crippen molar-refractivity contribution in [3.8, 4) is 0 Å². The van der Waals surface area contributed by atoms with Gasteiger partial charge in [0.25, 0.3) is 0 Å². The molecule has 1 saturated carbocycles. The largest absolute Gasteiger partial charge is 0.465 e. The minimum atomic E-state index is -0.893. The third kappa shape index (κ3) is 4.77. The first kappa shape index (κ1) is 15.9. The van der Waals surface area contributed by atoms with Gasteiger partial charge in [-0.25, -0.2) is 0 Å². The summed E-state index contributed by atoms with van der Waals surface area (Å²) in [6.45, 7) is 5.79. The number of Topliss-reactive ketones (excluding diaryl/α,β-unsaturated/α-hetero) is 2. The highest BCUT2D eigenvalue weighted by atomic mass is 16.5. The van der Waals surface area contributed by atoms with Crippen LogP contribution in [0.15, 0.2) is 0 Å². The Bertz CT molecular complexity index is 342. The monoisotopic (exact) mass is 268 g/mol. The third-order valence-corrected chi connectivity index (χ3v) is 3.54. The zero-order valence-corrected chi connectivity index (χ0v) is 12.1. The number of carbonyl (C=O) groups is 3. The Morgan fingerprint density at radius 2 is 1.79 bits per heavy atom. The summed E-state index contributed by atoms with van der Waals surface area (Å²) in [6.07, 6.45) is 3.20. The maximum Gasteiger partial charge on any atom is 0.316 e. The van der Waals surface area contributed by atoms with Crippen LogP contribution >= 0.6 is 0 Å². The Labute approximate surface area is 114 Å². The van der Waals surface area contributed by atoms with Crippen molar-refractivity contribution in [3.05, 3.63) is 0 Å². The van der Waals surface area contributed by atoms with E-state index in [1.165, 1.54) is 0 Å². The van der Waals surface area contributed by atoms with E-state index in [0.29, 0.717) is 6.42 Å². The van der Waals surface area contributed by atoms with Crippen molar-refractivity contribution in [1.29, 1.82) is 0 Å². The van der Waals surface area contributed by atoms with Gasteiger partial charge in [0.2, 0.25) is 0 Å². The molecular formula is C15H24O4. The molecular weight excluding hydrogens is 244 g/mol. The highest BCUT2D eigenvalue weighted by molar-refractivity contribution is 6.02. The minimum Gasteiger partial charge on any atom is -0.465 e. The van der Waals surface area contributed by atoms with E-state index in [1.54, 1.807) is 6.92 Å². The zero-order chi connectivity index (χ0) is 14.4. The van der Waals surface area contributed by atoms with Gasteiger partial charge in [-0.1, -0.05) is 20.3 Å². The molecule has 0 aromatic rings. The third-order valence-electron chi connectivity index (χ3n) is 3.54. The Morgan fingerprint density at radius 1 is 1.16 bits per heavy atom. The fraction of sp³-hybridized carbons (Fsp3) is 0.800. The molecule has 0 spiro atoms. The molecule has 0 radical (unpaired) electrons. The highest BCUT2D eigenvalue weighted by Gasteiger charge is 2.34. The van der Waals surface area contributed by atoms with Crippen LogP contribution in [0.2, 0.25) is 0 Å². The predicted molar refractivity (Wildman–Crippen MR) is 71.6 cm³/mol. The number of ketones is 2. The summed E-state index contributed by atoms with van der Waals surface area (Å²) >= 11 is 0. The molecule has 0 bridgehead atoms. The van der Waals surface area contributed by atoms with Crippen LogP contribution in [0.4, 0.5) is 0 Å². The van der Waals surface area contributed by atoms with Crippen molar-refractivity contribution < 1.29 is 19.1 Å². The summed E-state index contributed by atoms with van der Waals surface area (Å²) in [5.74, 6) is -1.31. The number of esters is 1. The lowest BCUT2D eigenvalue weighted by atomic mass is 9.78. The normalized spacial score (nSPS) is 16.8. The van der Waals surface area contributed by atoms with Crippen molar-refractivity contribution in [2.75, 3.05) is 6.61 Å². The van der Waals surface area contributed by atoms with Gasteiger partial charge in [0.1, 0.15) is 17.5 Å². The summed E-state index contributed by atoms with van der Waals surface area (Å²) < 4.78 is 4.93. The van der Waals surface area contributed by atoms with E-state index < -0.39 is 11.9 Å². The lowest BCUT2D eigenvalue weighted by molar-refractivity contribution is -0.154. The summed E-state index contributed by atoms with van der Waals surface area (Å²) in [6, 6.07) is 0. The van der Waals surface area contributed by atoms with E-state index in [2.05, 4.69) is 0 Å². The molecule has 4 nitrogen and oxygen atoms in total. The van der Waals surface area contributed by atoms with Crippen molar-refractivity contribution in [2.45, 2.75) is 52.9 Å². The Kier molecular flexibility index (Phi) is 6.19. The van der Waals surface area contributed by atoms with Gasteiger partial charge in [-0.3, -0.25) is 14.4 Å². The van der Waals surface area contributed by atoms with Gasteiger partial charge in [-0.05, 0) is 25.7 Å². The second-order valence-corrected chi connectivity index (χ2v) is 5.67. The Morgan fingerprint density at radius 3 is 2.21 bits per heavy atom. The van der Waals surface area contributed by atoms with E-state index in [9.17, 15) is 14.4 Å². The van der Waals surface area contributed by atoms with Crippen LogP contribution in [0.25, 0.3) is 0 Å². The first-order valence-corrected chi connectivity index (χ1v) is 7.17. The van der Waals surface area contributed by atoms with Gasteiger partial charge in [-0.15, -0.1) is 0 Å². The summed E-state index contributed by atoms with van der Waals surface area (Å²) in [5, 5.41) is 0. The van der Waals surface area contributed by atoms with E-state index in [0.717, 1.165) is 19.3 Å². The van der Waals surface area contributed by atoms with Gasteiger partial charge in [-0.2, -0.15) is 0 Å². The van der Waals surface area contributed by atoms with Gasteiger partial charge in [0.15, 0.2) is 0 Å². The summed E-state index contributed by atoms with van der Waals surface area (Å²) in [4.78, 5) is 35.9. The molecule has 1 unspecified atom stereocenters. The van der Waals surface area contributed by atoms with Gasteiger partial charge in [0.05, 0.1) is 6.61 Å². The molecule has 0 saturated heterocycles. The molecule has 1 atom stereocenters. The zero-order valence-electron chi connectivity index (χ0n) is 12.1. The van der Waals surface area contributed by atoms with Crippen molar-refractivity contribution in [3.63, 3.8) is 0 Å². The average molecular weight is 268 g/mol. The van der Waals surface area contributed by atoms with Crippen LogP contribution in [-0.4, -0.2) is 24.1 Å². The standard InChI is InChI=1S/C15H24O4/c1-4-19-15(18)12(14(17)8-10(2)3)9-13(16)11-6-5-7-11/h10-12H,4-9H2,1-3H3. The molecule has 4 heteroatoms. The summed E-state index contributed by atoms with van der Waals surface area (Å²) in [5.41, 5.74) is 0. The molecule has 0 amide bonds. The fourth-order valence-corrected chi connectivity index (χ4v) is 2.21. The second-order valence-electron chi connectivity index (χ2n) is 5.67. The molecule has 0 aliphatic heterocycles. The van der Waals surface area contributed by atoms with Crippen LogP contribution < -0.4 is 0 Å². The summed E-state index contributed by atoms with van der Waals surface area (Å²) in [7, 11) is 0. The molecule has 0 aromatic carbocycles. The highest BCUT2D eigenvalue weighted by Crippen LogP contribution is 2.30. The number of hydrogen-bond acceptors (Lipinski definition) is 4. The van der Waals surface area contributed by atoms with Crippen molar-refractivity contribution >= 4 is 17.5 Å². The second kappa shape index (κ2) is 7.41. The van der Waals surface area contributed by atoms with Crippen molar-refractivity contribution in [1.82, 2.24) is 0 Å². The number of ether oxygens (including phenoxy) is 1. The number of carbonyl (C=O) groups excluding carboxylic acids is 3. The van der Waals surface area contributed by atoms with E-state index in [1.807, 2.05) is 13.8 Å². The van der Waals surface area contributed by atoms with Crippen LogP contribution in [0.3, 0.4) is 0 Å². The molecule has 19 heavy (non-hydrogen) atoms. The van der Waals surface area contributed by atoms with Crippen LogP contribution in [0.5, 0.6) is 0 Å². The molecule has 0 N–H and O–H groups in total. The van der Waals surface area contributed by atoms with Gasteiger partial charge >= 0.3 is 5.97 Å². The lowest BCUT2D eigenvalue weighted by Gasteiger charge is -2.25. The van der Waals surface area contributed by atoms with E-state index in [4.69, 9.17) is 4.74 Å². The average Bonchev–Trinajstić information content (AvgIpc) is 2.22. The Hall–Kier alpha value is -1.19. The minimum absolute atomic E-state index is 0.0229. The maximum atomic E-state index is 12.1. The first-order valence-electron chi connectivity index (χ1n) is 7.17. The van der Waals surface area contributed by atoms with Crippen LogP contribution in [0.1, 0.15) is 52.9 Å². The van der Waals surface area contributed by atoms with E-state index >= 15 is 0 Å². The molecule has 108 valence electrons. The fourth-order valence-electron chi connectivity index (χ4n) is 2.21. The molecule has 0 aromatic heterocycles. The quantitative estimate of drug-likeness (QED) is 0.501. The van der Waals surface area contributed by atoms with Crippen LogP contribution in [-0.2, 0) is 19.1 Å². The predicted octanol–water partition coefficient (Wildman–Crippen LogP) is 2.54. The van der Waals surface area contributed by atoms with E-state index in [-0.39, 0.29) is 36.4 Å². The first-order chi connectivity index (χ1) is 8.95. The molecule has 1 fully saturated rings. The van der Waals surface area contributed by atoms with Gasteiger partial charge < -0.3 is 4.74 Å². The molecule has 1 aliphatic rings. The number of hydrogen-bond donors (Lipinski definition) is 0. The molecule has 0 heterocycles.